The Morgan fingerprint density at radius 1 is 1.13 bits per heavy atom. The number of rotatable bonds is 5. The molecule has 0 saturated carbocycles. The Labute approximate surface area is 173 Å². The van der Waals surface area contributed by atoms with E-state index in [1.165, 1.54) is 27.4 Å². The Kier molecular flexibility index (Phi) is 4.81. The molecule has 0 radical (unpaired) electrons. The molecule has 156 valence electrons. The third-order valence-electron chi connectivity index (χ3n) is 5.22. The Morgan fingerprint density at radius 2 is 1.87 bits per heavy atom. The molecule has 1 atom stereocenters. The highest BCUT2D eigenvalue weighted by molar-refractivity contribution is 5.91. The third-order valence-corrected chi connectivity index (χ3v) is 5.22. The molecule has 0 aliphatic carbocycles. The van der Waals surface area contributed by atoms with E-state index in [-0.39, 0.29) is 39.9 Å². The molecule has 1 aliphatic rings. The molecule has 0 spiro atoms. The first kappa shape index (κ1) is 19.7. The normalized spacial score (nSPS) is 14.9. The van der Waals surface area contributed by atoms with Crippen LogP contribution in [0.15, 0.2) is 45.6 Å². The van der Waals surface area contributed by atoms with E-state index >= 15 is 0 Å². The van der Waals surface area contributed by atoms with Crippen LogP contribution in [0, 0.1) is 0 Å². The van der Waals surface area contributed by atoms with Crippen molar-refractivity contribution >= 4 is 11.0 Å². The van der Waals surface area contributed by atoms with Gasteiger partial charge in [0.2, 0.25) is 11.2 Å². The number of aromatic hydroxyl groups is 1. The molecule has 3 aromatic rings. The van der Waals surface area contributed by atoms with Gasteiger partial charge in [-0.1, -0.05) is 6.58 Å². The van der Waals surface area contributed by atoms with Crippen molar-refractivity contribution in [3.63, 3.8) is 0 Å². The lowest BCUT2D eigenvalue weighted by Gasteiger charge is -2.14. The predicted molar refractivity (Wildman–Crippen MR) is 112 cm³/mol. The van der Waals surface area contributed by atoms with Crippen LogP contribution < -0.4 is 24.4 Å². The van der Waals surface area contributed by atoms with Crippen LogP contribution in [0.25, 0.3) is 22.3 Å². The molecule has 30 heavy (non-hydrogen) atoms. The molecule has 7 heteroatoms. The van der Waals surface area contributed by atoms with E-state index in [1.807, 2.05) is 6.92 Å². The van der Waals surface area contributed by atoms with Crippen LogP contribution in [0.2, 0.25) is 0 Å². The van der Waals surface area contributed by atoms with Gasteiger partial charge in [-0.2, -0.15) is 0 Å². The fraction of sp³-hybridized carbons (Fsp3) is 0.261. The summed E-state index contributed by atoms with van der Waals surface area (Å²) in [6.07, 6.45) is 0.367. The lowest BCUT2D eigenvalue weighted by molar-refractivity contribution is 0.271. The maximum Gasteiger partial charge on any atom is 0.239 e. The summed E-state index contributed by atoms with van der Waals surface area (Å²) in [6.45, 7) is 5.86. The van der Waals surface area contributed by atoms with Crippen molar-refractivity contribution in [2.75, 3.05) is 21.3 Å². The number of methoxy groups -OCH3 is 3. The van der Waals surface area contributed by atoms with Gasteiger partial charge in [0.15, 0.2) is 17.3 Å². The van der Waals surface area contributed by atoms with E-state index in [1.54, 1.807) is 18.2 Å². The first-order valence-corrected chi connectivity index (χ1v) is 9.33. The average Bonchev–Trinajstić information content (AvgIpc) is 3.16. The summed E-state index contributed by atoms with van der Waals surface area (Å²) < 4.78 is 28.3. The Balaban J connectivity index is 2.01. The van der Waals surface area contributed by atoms with Crippen molar-refractivity contribution in [1.29, 1.82) is 0 Å². The summed E-state index contributed by atoms with van der Waals surface area (Å²) in [5.41, 5.74) is 2.14. The van der Waals surface area contributed by atoms with Gasteiger partial charge in [-0.15, -0.1) is 0 Å². The number of ether oxygens (including phenoxy) is 4. The highest BCUT2D eigenvalue weighted by Crippen LogP contribution is 2.44. The van der Waals surface area contributed by atoms with Gasteiger partial charge in [0.1, 0.15) is 28.6 Å². The molecule has 7 nitrogen and oxygen atoms in total. The number of hydrogen-bond donors (Lipinski definition) is 1. The quantitative estimate of drug-likeness (QED) is 0.635. The minimum atomic E-state index is -0.362. The van der Waals surface area contributed by atoms with Crippen LogP contribution in [0.4, 0.5) is 0 Å². The minimum absolute atomic E-state index is 0.0259. The van der Waals surface area contributed by atoms with E-state index in [9.17, 15) is 9.90 Å². The number of phenols is 1. The second-order valence-corrected chi connectivity index (χ2v) is 7.10. The van der Waals surface area contributed by atoms with E-state index in [0.29, 0.717) is 29.1 Å². The summed E-state index contributed by atoms with van der Waals surface area (Å²) in [4.78, 5) is 13.4. The highest BCUT2D eigenvalue weighted by Gasteiger charge is 2.31. The van der Waals surface area contributed by atoms with Crippen LogP contribution >= 0.6 is 0 Å². The van der Waals surface area contributed by atoms with Crippen molar-refractivity contribution in [3.05, 3.63) is 52.2 Å². The Bertz CT molecular complexity index is 1220. The number of benzene rings is 2. The molecule has 2 heterocycles. The zero-order valence-corrected chi connectivity index (χ0v) is 17.2. The topological polar surface area (TPSA) is 87.4 Å². The van der Waals surface area contributed by atoms with Gasteiger partial charge >= 0.3 is 0 Å². The third kappa shape index (κ3) is 2.94. The van der Waals surface area contributed by atoms with Crippen molar-refractivity contribution in [2.24, 2.45) is 0 Å². The number of phenolic OH excluding ortho intramolecular Hbond substituents is 1. The van der Waals surface area contributed by atoms with Crippen molar-refractivity contribution < 1.29 is 28.5 Å². The Morgan fingerprint density at radius 3 is 2.50 bits per heavy atom. The maximum atomic E-state index is 13.4. The monoisotopic (exact) mass is 410 g/mol. The van der Waals surface area contributed by atoms with Crippen molar-refractivity contribution in [2.45, 2.75) is 19.4 Å². The molecule has 0 saturated heterocycles. The van der Waals surface area contributed by atoms with Gasteiger partial charge in [0.25, 0.3) is 0 Å². The van der Waals surface area contributed by atoms with Gasteiger partial charge in [-0.05, 0) is 30.7 Å². The molecule has 2 aromatic carbocycles. The average molecular weight is 410 g/mol. The maximum absolute atomic E-state index is 13.4. The van der Waals surface area contributed by atoms with Crippen molar-refractivity contribution in [1.82, 2.24) is 0 Å². The number of fused-ring (bicyclic) bond motifs is 2. The summed E-state index contributed by atoms with van der Waals surface area (Å²) in [6, 6.07) is 6.34. The molecule has 0 fully saturated rings. The van der Waals surface area contributed by atoms with E-state index in [2.05, 4.69) is 6.58 Å². The lowest BCUT2D eigenvalue weighted by Crippen LogP contribution is -2.13. The van der Waals surface area contributed by atoms with Gasteiger partial charge in [-0.3, -0.25) is 4.79 Å². The van der Waals surface area contributed by atoms with Gasteiger partial charge in [0, 0.05) is 23.6 Å². The van der Waals surface area contributed by atoms with Crippen LogP contribution in [0.3, 0.4) is 0 Å². The van der Waals surface area contributed by atoms with E-state index in [0.717, 1.165) is 11.1 Å². The number of hydrogen-bond acceptors (Lipinski definition) is 7. The van der Waals surface area contributed by atoms with E-state index in [4.69, 9.17) is 23.4 Å². The van der Waals surface area contributed by atoms with Crippen LogP contribution in [0.5, 0.6) is 28.7 Å². The molecular formula is C23H22O7. The summed E-state index contributed by atoms with van der Waals surface area (Å²) >= 11 is 0. The van der Waals surface area contributed by atoms with Crippen LogP contribution in [-0.2, 0) is 6.42 Å². The van der Waals surface area contributed by atoms with Gasteiger partial charge in [0.05, 0.1) is 21.3 Å². The molecule has 1 N–H and O–H groups in total. The fourth-order valence-corrected chi connectivity index (χ4v) is 3.69. The van der Waals surface area contributed by atoms with Gasteiger partial charge in [-0.25, -0.2) is 0 Å². The van der Waals surface area contributed by atoms with Crippen molar-refractivity contribution in [3.8, 4) is 40.1 Å². The first-order chi connectivity index (χ1) is 14.4. The second kappa shape index (κ2) is 7.33. The van der Waals surface area contributed by atoms with Crippen LogP contribution in [0.1, 0.15) is 12.5 Å². The molecule has 4 rings (SSSR count). The van der Waals surface area contributed by atoms with Gasteiger partial charge < -0.3 is 28.5 Å². The second-order valence-electron chi connectivity index (χ2n) is 7.10. The summed E-state index contributed by atoms with van der Waals surface area (Å²) in [7, 11) is 4.35. The summed E-state index contributed by atoms with van der Waals surface area (Å²) in [5, 5.41) is 10.2. The lowest BCUT2D eigenvalue weighted by atomic mass is 10.0. The minimum Gasteiger partial charge on any atom is -0.504 e. The largest absolute Gasteiger partial charge is 0.504 e. The molecule has 1 aromatic heterocycles. The standard InChI is InChI=1S/C23H22O7/c1-11(2)15-9-13-16(29-15)10-18-19(22(13)27-4)20(25)23(28-5)21(30-18)12-6-7-14(24)17(8-12)26-3/h6-8,10,15,24H,1,9H2,2-5H3/t15-/m0/s1. The molecule has 0 amide bonds. The predicted octanol–water partition coefficient (Wildman–Crippen LogP) is 4.07. The summed E-state index contributed by atoms with van der Waals surface area (Å²) in [5.74, 6) is 1.47. The molecule has 0 bridgehead atoms. The zero-order valence-electron chi connectivity index (χ0n) is 17.2. The Hall–Kier alpha value is -3.61. The molecular weight excluding hydrogens is 388 g/mol. The van der Waals surface area contributed by atoms with Crippen LogP contribution in [-0.4, -0.2) is 32.5 Å². The fourth-order valence-electron chi connectivity index (χ4n) is 3.69. The zero-order chi connectivity index (χ0) is 21.6. The first-order valence-electron chi connectivity index (χ1n) is 9.33. The molecule has 1 aliphatic heterocycles. The molecule has 0 unspecified atom stereocenters. The smallest absolute Gasteiger partial charge is 0.239 e. The highest BCUT2D eigenvalue weighted by atomic mass is 16.5. The SMILES string of the molecule is C=C(C)[C@@H]1Cc2c(cc3oc(-c4ccc(O)c(OC)c4)c(OC)c(=O)c3c2OC)O1. The van der Waals surface area contributed by atoms with E-state index < -0.39 is 0 Å².